The summed E-state index contributed by atoms with van der Waals surface area (Å²) in [6.07, 6.45) is 1.25. The standard InChI is InChI=1S/C13H20BrNS/c1-4-10(2)9-16-13-6-5-11(8-15-3)7-12(13)14/h5-7,10,15H,4,8-9H2,1-3H3. The summed E-state index contributed by atoms with van der Waals surface area (Å²) < 4.78 is 1.22. The molecule has 0 aliphatic heterocycles. The first-order valence-electron chi connectivity index (χ1n) is 5.73. The predicted molar refractivity (Wildman–Crippen MR) is 77.1 cm³/mol. The van der Waals surface area contributed by atoms with Crippen LogP contribution in [0.4, 0.5) is 0 Å². The van der Waals surface area contributed by atoms with Crippen molar-refractivity contribution in [2.45, 2.75) is 31.7 Å². The quantitative estimate of drug-likeness (QED) is 0.786. The Hall–Kier alpha value is 0.01000. The molecule has 0 heterocycles. The largest absolute Gasteiger partial charge is 0.316 e. The molecular formula is C13H20BrNS. The van der Waals surface area contributed by atoms with E-state index in [1.54, 1.807) is 0 Å². The second kappa shape index (κ2) is 7.36. The van der Waals surface area contributed by atoms with Crippen molar-refractivity contribution in [3.8, 4) is 0 Å². The van der Waals surface area contributed by atoms with Crippen LogP contribution >= 0.6 is 27.7 Å². The van der Waals surface area contributed by atoms with Gasteiger partial charge in [0.1, 0.15) is 0 Å². The molecule has 90 valence electrons. The highest BCUT2D eigenvalue weighted by molar-refractivity contribution is 9.10. The van der Waals surface area contributed by atoms with Crippen molar-refractivity contribution >= 4 is 27.7 Å². The molecule has 0 aromatic heterocycles. The van der Waals surface area contributed by atoms with Gasteiger partial charge in [0.05, 0.1) is 0 Å². The summed E-state index contributed by atoms with van der Waals surface area (Å²) in [5.74, 6) is 1.98. The van der Waals surface area contributed by atoms with E-state index in [0.717, 1.165) is 12.5 Å². The van der Waals surface area contributed by atoms with Crippen LogP contribution in [0.5, 0.6) is 0 Å². The first kappa shape index (κ1) is 14.1. The third kappa shape index (κ3) is 4.48. The Labute approximate surface area is 112 Å². The van der Waals surface area contributed by atoms with Gasteiger partial charge in [-0.1, -0.05) is 26.3 Å². The molecule has 1 aromatic rings. The summed E-state index contributed by atoms with van der Waals surface area (Å²) in [6, 6.07) is 6.61. The smallest absolute Gasteiger partial charge is 0.0314 e. The minimum Gasteiger partial charge on any atom is -0.316 e. The monoisotopic (exact) mass is 301 g/mol. The normalized spacial score (nSPS) is 12.8. The fraction of sp³-hybridized carbons (Fsp3) is 0.538. The lowest BCUT2D eigenvalue weighted by Crippen LogP contribution is -2.04. The maximum atomic E-state index is 3.64. The van der Waals surface area contributed by atoms with E-state index < -0.39 is 0 Å². The van der Waals surface area contributed by atoms with E-state index in [-0.39, 0.29) is 0 Å². The van der Waals surface area contributed by atoms with Gasteiger partial charge in [-0.2, -0.15) is 0 Å². The molecule has 0 aliphatic rings. The van der Waals surface area contributed by atoms with Crippen molar-refractivity contribution in [3.63, 3.8) is 0 Å². The molecule has 1 N–H and O–H groups in total. The van der Waals surface area contributed by atoms with Crippen LogP contribution in [0.15, 0.2) is 27.6 Å². The molecule has 1 atom stereocenters. The zero-order valence-electron chi connectivity index (χ0n) is 10.2. The molecule has 16 heavy (non-hydrogen) atoms. The molecule has 0 saturated carbocycles. The summed E-state index contributed by atoms with van der Waals surface area (Å²) in [6.45, 7) is 5.47. The lowest BCUT2D eigenvalue weighted by molar-refractivity contribution is 0.637. The highest BCUT2D eigenvalue weighted by Gasteiger charge is 2.04. The van der Waals surface area contributed by atoms with E-state index >= 15 is 0 Å². The molecule has 1 nitrogen and oxygen atoms in total. The van der Waals surface area contributed by atoms with Crippen molar-refractivity contribution in [1.29, 1.82) is 0 Å². The fourth-order valence-electron chi connectivity index (χ4n) is 1.33. The molecule has 1 rings (SSSR count). The van der Waals surface area contributed by atoms with Gasteiger partial charge in [0.25, 0.3) is 0 Å². The molecule has 0 bridgehead atoms. The van der Waals surface area contributed by atoms with Gasteiger partial charge in [0.2, 0.25) is 0 Å². The number of hydrogen-bond donors (Lipinski definition) is 1. The average molecular weight is 302 g/mol. The van der Waals surface area contributed by atoms with Crippen LogP contribution in [0.1, 0.15) is 25.8 Å². The summed E-state index contributed by atoms with van der Waals surface area (Å²) >= 11 is 5.58. The van der Waals surface area contributed by atoms with Crippen molar-refractivity contribution in [1.82, 2.24) is 5.32 Å². The molecule has 0 radical (unpaired) electrons. The summed E-state index contributed by atoms with van der Waals surface area (Å²) in [5.41, 5.74) is 1.32. The van der Waals surface area contributed by atoms with Crippen LogP contribution < -0.4 is 5.32 Å². The first-order valence-corrected chi connectivity index (χ1v) is 7.51. The zero-order valence-corrected chi connectivity index (χ0v) is 12.6. The third-order valence-corrected chi connectivity index (χ3v) is 4.92. The Balaban J connectivity index is 2.60. The Kier molecular flexibility index (Phi) is 6.47. The Morgan fingerprint density at radius 2 is 2.19 bits per heavy atom. The second-order valence-corrected chi connectivity index (χ2v) is 6.04. The highest BCUT2D eigenvalue weighted by atomic mass is 79.9. The van der Waals surface area contributed by atoms with Crippen molar-refractivity contribution in [3.05, 3.63) is 28.2 Å². The molecule has 0 spiro atoms. The van der Waals surface area contributed by atoms with E-state index in [9.17, 15) is 0 Å². The molecular weight excluding hydrogens is 282 g/mol. The third-order valence-electron chi connectivity index (χ3n) is 2.60. The summed E-state index contributed by atoms with van der Waals surface area (Å²) in [4.78, 5) is 1.35. The van der Waals surface area contributed by atoms with Gasteiger partial charge in [0, 0.05) is 21.7 Å². The van der Waals surface area contributed by atoms with Gasteiger partial charge in [-0.05, 0) is 46.6 Å². The maximum absolute atomic E-state index is 3.64. The second-order valence-electron chi connectivity index (χ2n) is 4.12. The van der Waals surface area contributed by atoms with Crippen LogP contribution in [0, 0.1) is 5.92 Å². The SMILES string of the molecule is CCC(C)CSc1ccc(CNC)cc1Br. The van der Waals surface area contributed by atoms with Crippen molar-refractivity contribution < 1.29 is 0 Å². The minimum atomic E-state index is 0.786. The van der Waals surface area contributed by atoms with Gasteiger partial charge >= 0.3 is 0 Å². The molecule has 3 heteroatoms. The van der Waals surface area contributed by atoms with Crippen LogP contribution in [0.2, 0.25) is 0 Å². The Bertz CT molecular complexity index is 328. The number of halogens is 1. The lowest BCUT2D eigenvalue weighted by Gasteiger charge is -2.10. The Morgan fingerprint density at radius 3 is 2.75 bits per heavy atom. The topological polar surface area (TPSA) is 12.0 Å². The number of hydrogen-bond acceptors (Lipinski definition) is 2. The van der Waals surface area contributed by atoms with Gasteiger partial charge in [-0.25, -0.2) is 0 Å². The summed E-state index contributed by atoms with van der Waals surface area (Å²) in [7, 11) is 1.97. The van der Waals surface area contributed by atoms with Crippen molar-refractivity contribution in [2.24, 2.45) is 5.92 Å². The number of rotatable bonds is 6. The fourth-order valence-corrected chi connectivity index (χ4v) is 3.16. The summed E-state index contributed by atoms with van der Waals surface area (Å²) in [5, 5.41) is 3.16. The molecule has 1 aromatic carbocycles. The van der Waals surface area contributed by atoms with Crippen LogP contribution in [0.3, 0.4) is 0 Å². The number of benzene rings is 1. The minimum absolute atomic E-state index is 0.786. The predicted octanol–water partition coefficient (Wildman–Crippen LogP) is 4.31. The Morgan fingerprint density at radius 1 is 1.44 bits per heavy atom. The van der Waals surface area contributed by atoms with Gasteiger partial charge < -0.3 is 5.32 Å². The molecule has 1 unspecified atom stereocenters. The molecule has 0 saturated heterocycles. The lowest BCUT2D eigenvalue weighted by atomic mass is 10.2. The van der Waals surface area contributed by atoms with Crippen molar-refractivity contribution in [2.75, 3.05) is 12.8 Å². The van der Waals surface area contributed by atoms with Gasteiger partial charge in [-0.3, -0.25) is 0 Å². The zero-order chi connectivity index (χ0) is 12.0. The van der Waals surface area contributed by atoms with E-state index in [1.165, 1.54) is 27.1 Å². The first-order chi connectivity index (χ1) is 7.67. The van der Waals surface area contributed by atoms with Gasteiger partial charge in [0.15, 0.2) is 0 Å². The molecule has 0 amide bonds. The highest BCUT2D eigenvalue weighted by Crippen LogP contribution is 2.30. The van der Waals surface area contributed by atoms with Crippen LogP contribution in [-0.2, 0) is 6.54 Å². The maximum Gasteiger partial charge on any atom is 0.0314 e. The number of thioether (sulfide) groups is 1. The average Bonchev–Trinajstić information content (AvgIpc) is 2.28. The van der Waals surface area contributed by atoms with Crippen LogP contribution in [-0.4, -0.2) is 12.8 Å². The van der Waals surface area contributed by atoms with Gasteiger partial charge in [-0.15, -0.1) is 11.8 Å². The number of nitrogens with one attached hydrogen (secondary N) is 1. The van der Waals surface area contributed by atoms with E-state index in [1.807, 2.05) is 18.8 Å². The molecule has 0 fully saturated rings. The molecule has 0 aliphatic carbocycles. The van der Waals surface area contributed by atoms with E-state index in [0.29, 0.717) is 0 Å². The van der Waals surface area contributed by atoms with E-state index in [4.69, 9.17) is 0 Å². The van der Waals surface area contributed by atoms with E-state index in [2.05, 4.69) is 53.3 Å². The van der Waals surface area contributed by atoms with Crippen LogP contribution in [0.25, 0.3) is 0 Å².